The van der Waals surface area contributed by atoms with E-state index in [1.54, 1.807) is 37.3 Å². The number of halogens is 2. The Bertz CT molecular complexity index is 1990. The molecule has 0 aliphatic rings. The van der Waals surface area contributed by atoms with Crippen LogP contribution in [0.25, 0.3) is 22.2 Å². The molecule has 2 heterocycles. The van der Waals surface area contributed by atoms with Crippen LogP contribution in [-0.4, -0.2) is 84.5 Å². The van der Waals surface area contributed by atoms with Crippen LogP contribution in [0.1, 0.15) is 22.5 Å². The predicted octanol–water partition coefficient (Wildman–Crippen LogP) is 5.72. The first-order valence-electron chi connectivity index (χ1n) is 16.3. The van der Waals surface area contributed by atoms with Gasteiger partial charge in [0.2, 0.25) is 5.91 Å². The van der Waals surface area contributed by atoms with E-state index in [4.69, 9.17) is 21.1 Å². The minimum atomic E-state index is -0.561. The summed E-state index contributed by atoms with van der Waals surface area (Å²) in [5.74, 6) is -1.20. The number of carbonyl (C=O) groups excluding carboxylic acids is 3. The summed E-state index contributed by atoms with van der Waals surface area (Å²) in [6.45, 7) is 1.60. The molecule has 0 unspecified atom stereocenters. The second-order valence-electron chi connectivity index (χ2n) is 11.6. The van der Waals surface area contributed by atoms with Crippen LogP contribution in [0, 0.1) is 5.82 Å². The molecule has 2 amide bonds. The third-order valence-corrected chi connectivity index (χ3v) is 8.49. The normalized spacial score (nSPS) is 10.9. The fourth-order valence-corrected chi connectivity index (χ4v) is 5.66. The lowest BCUT2D eigenvalue weighted by atomic mass is 10.1. The lowest BCUT2D eigenvalue weighted by Crippen LogP contribution is -2.40. The second-order valence-corrected chi connectivity index (χ2v) is 12.0. The Morgan fingerprint density at radius 1 is 0.980 bits per heavy atom. The van der Waals surface area contributed by atoms with Crippen LogP contribution in [0.5, 0.6) is 0 Å². The third kappa shape index (κ3) is 9.38. The highest BCUT2D eigenvalue weighted by Gasteiger charge is 2.21. The van der Waals surface area contributed by atoms with E-state index in [0.29, 0.717) is 42.1 Å². The van der Waals surface area contributed by atoms with Crippen LogP contribution in [0.4, 0.5) is 20.6 Å². The molecule has 0 spiro atoms. The number of nitrogens with one attached hydrogen (secondary N) is 2. The second kappa shape index (κ2) is 17.4. The first-order valence-corrected chi connectivity index (χ1v) is 16.7. The van der Waals surface area contributed by atoms with Crippen LogP contribution in [0.3, 0.4) is 0 Å². The van der Waals surface area contributed by atoms with Gasteiger partial charge in [0.25, 0.3) is 0 Å². The lowest BCUT2D eigenvalue weighted by Gasteiger charge is -2.30. The fraction of sp³-hybridized carbons (Fsp3) is 0.270. The molecular formula is C37H39ClFN7O5. The molecule has 0 saturated carbocycles. The zero-order valence-electron chi connectivity index (χ0n) is 28.6. The highest BCUT2D eigenvalue weighted by Crippen LogP contribution is 2.35. The highest BCUT2D eigenvalue weighted by molar-refractivity contribution is 6.31. The number of methoxy groups -OCH3 is 1. The standard InChI is InChI=1S/C37H39ClFN7O5/c1-40-35(47)23-41-15-7-17-45(37(49)51-24-25-8-5-4-6-9-25)18-19-46(27-11-12-30(39)29(38)21-27)33-14-16-42-31-13-10-26(20-28(31)33)32-22-34(36(48)50-3)44(2)43-32/h4-6,8-14,16,20-22,41H,7,15,17-19,23-24H2,1-3H3,(H,40,47). The number of amides is 2. The number of benzene rings is 3. The van der Waals surface area contributed by atoms with Crippen LogP contribution in [-0.2, 0) is 27.9 Å². The van der Waals surface area contributed by atoms with Crippen molar-refractivity contribution in [1.82, 2.24) is 30.3 Å². The van der Waals surface area contributed by atoms with Crippen LogP contribution in [0.2, 0.25) is 5.02 Å². The fourth-order valence-electron chi connectivity index (χ4n) is 5.48. The first kappa shape index (κ1) is 36.7. The van der Waals surface area contributed by atoms with E-state index in [9.17, 15) is 18.8 Å². The van der Waals surface area contributed by atoms with Gasteiger partial charge >= 0.3 is 12.1 Å². The average Bonchev–Trinajstić information content (AvgIpc) is 3.55. The summed E-state index contributed by atoms with van der Waals surface area (Å²) in [7, 11) is 4.55. The van der Waals surface area contributed by atoms with Gasteiger partial charge in [-0.1, -0.05) is 48.0 Å². The van der Waals surface area contributed by atoms with E-state index in [-0.39, 0.29) is 37.2 Å². The summed E-state index contributed by atoms with van der Waals surface area (Å²) in [5.41, 5.74) is 4.43. The molecule has 0 radical (unpaired) electrons. The Labute approximate surface area is 300 Å². The van der Waals surface area contributed by atoms with Gasteiger partial charge in [-0.05, 0) is 61.0 Å². The predicted molar refractivity (Wildman–Crippen MR) is 193 cm³/mol. The molecular weight excluding hydrogens is 677 g/mol. The summed E-state index contributed by atoms with van der Waals surface area (Å²) in [5, 5.41) is 10.9. The van der Waals surface area contributed by atoms with E-state index in [1.807, 2.05) is 59.5 Å². The Hall–Kier alpha value is -5.53. The number of ether oxygens (including phenoxy) is 2. The number of pyridine rings is 1. The third-order valence-electron chi connectivity index (χ3n) is 8.20. The number of fused-ring (bicyclic) bond motifs is 1. The SMILES string of the molecule is CNC(=O)CNCCCN(CCN(c1ccc(F)c(Cl)c1)c1ccnc2ccc(-c3cc(C(=O)OC)n(C)n3)cc12)C(=O)OCc1ccccc1. The van der Waals surface area contributed by atoms with Crippen molar-refractivity contribution in [3.8, 4) is 11.3 Å². The number of anilines is 2. The maximum Gasteiger partial charge on any atom is 0.410 e. The van der Waals surface area contributed by atoms with Gasteiger partial charge in [-0.15, -0.1) is 0 Å². The van der Waals surface area contributed by atoms with Crippen molar-refractivity contribution in [2.24, 2.45) is 7.05 Å². The number of likely N-dealkylation sites (N-methyl/N-ethyl adjacent to an activating group) is 1. The number of aromatic nitrogens is 3. The van der Waals surface area contributed by atoms with Crippen LogP contribution >= 0.6 is 11.6 Å². The molecule has 0 fully saturated rings. The van der Waals surface area contributed by atoms with Gasteiger partial charge < -0.3 is 29.9 Å². The van der Waals surface area contributed by atoms with Crippen molar-refractivity contribution in [3.63, 3.8) is 0 Å². The van der Waals surface area contributed by atoms with Gasteiger partial charge in [-0.25, -0.2) is 14.0 Å². The lowest BCUT2D eigenvalue weighted by molar-refractivity contribution is -0.119. The Balaban J connectivity index is 1.46. The van der Waals surface area contributed by atoms with Crippen molar-refractivity contribution in [2.45, 2.75) is 13.0 Å². The van der Waals surface area contributed by atoms with Gasteiger partial charge in [0.1, 0.15) is 18.1 Å². The molecule has 266 valence electrons. The van der Waals surface area contributed by atoms with Crippen molar-refractivity contribution in [3.05, 3.63) is 107 Å². The van der Waals surface area contributed by atoms with E-state index in [1.165, 1.54) is 23.9 Å². The molecule has 0 saturated heterocycles. The zero-order chi connectivity index (χ0) is 36.3. The molecule has 0 bridgehead atoms. The number of nitrogens with zero attached hydrogens (tertiary/aromatic N) is 5. The number of aryl methyl sites for hydroxylation is 1. The van der Waals surface area contributed by atoms with E-state index in [0.717, 1.165) is 22.2 Å². The Kier molecular flexibility index (Phi) is 12.5. The molecule has 0 atom stereocenters. The van der Waals surface area contributed by atoms with Crippen LogP contribution in [0.15, 0.2) is 85.1 Å². The van der Waals surface area contributed by atoms with Crippen molar-refractivity contribution >= 4 is 51.8 Å². The van der Waals surface area contributed by atoms with Gasteiger partial charge in [-0.3, -0.25) is 14.5 Å². The number of carbonyl (C=O) groups is 3. The summed E-state index contributed by atoms with van der Waals surface area (Å²) in [6.07, 6.45) is 1.73. The number of hydrogen-bond donors (Lipinski definition) is 2. The van der Waals surface area contributed by atoms with Crippen LogP contribution < -0.4 is 15.5 Å². The molecule has 3 aromatic carbocycles. The van der Waals surface area contributed by atoms with Crippen molar-refractivity contribution in [2.75, 3.05) is 51.8 Å². The molecule has 2 N–H and O–H groups in total. The molecule has 51 heavy (non-hydrogen) atoms. The van der Waals surface area contributed by atoms with E-state index in [2.05, 4.69) is 20.7 Å². The number of esters is 1. The molecule has 5 rings (SSSR count). The highest BCUT2D eigenvalue weighted by atomic mass is 35.5. The maximum atomic E-state index is 14.4. The Morgan fingerprint density at radius 2 is 1.78 bits per heavy atom. The van der Waals surface area contributed by atoms with Gasteiger partial charge in [-0.2, -0.15) is 5.10 Å². The molecule has 2 aromatic heterocycles. The van der Waals surface area contributed by atoms with Crippen molar-refractivity contribution in [1.29, 1.82) is 0 Å². The summed E-state index contributed by atoms with van der Waals surface area (Å²) in [4.78, 5) is 45.6. The molecule has 0 aliphatic heterocycles. The van der Waals surface area contributed by atoms with Gasteiger partial charge in [0.15, 0.2) is 0 Å². The topological polar surface area (TPSA) is 131 Å². The minimum Gasteiger partial charge on any atom is -0.464 e. The largest absolute Gasteiger partial charge is 0.464 e. The molecule has 0 aliphatic carbocycles. The molecule has 14 heteroatoms. The smallest absolute Gasteiger partial charge is 0.410 e. The summed E-state index contributed by atoms with van der Waals surface area (Å²) in [6, 6.07) is 23.0. The maximum absolute atomic E-state index is 14.4. The summed E-state index contributed by atoms with van der Waals surface area (Å²) < 4.78 is 26.5. The summed E-state index contributed by atoms with van der Waals surface area (Å²) >= 11 is 6.28. The number of hydrogen-bond acceptors (Lipinski definition) is 9. The van der Waals surface area contributed by atoms with E-state index < -0.39 is 17.9 Å². The monoisotopic (exact) mass is 715 g/mol. The quantitative estimate of drug-likeness (QED) is 0.103. The Morgan fingerprint density at radius 3 is 2.53 bits per heavy atom. The number of rotatable bonds is 15. The molecule has 12 nitrogen and oxygen atoms in total. The molecule has 5 aromatic rings. The van der Waals surface area contributed by atoms with E-state index >= 15 is 0 Å². The van der Waals surface area contributed by atoms with Gasteiger partial charge in [0, 0.05) is 56.6 Å². The zero-order valence-corrected chi connectivity index (χ0v) is 29.3. The average molecular weight is 716 g/mol. The van der Waals surface area contributed by atoms with Gasteiger partial charge in [0.05, 0.1) is 35.6 Å². The first-order chi connectivity index (χ1) is 24.7. The minimum absolute atomic E-state index is 0.0540. The van der Waals surface area contributed by atoms with Crippen molar-refractivity contribution < 1.29 is 28.2 Å².